The van der Waals surface area contributed by atoms with Crippen molar-refractivity contribution in [2.24, 2.45) is 10.8 Å². The molecule has 0 atom stereocenters. The molecule has 0 spiro atoms. The number of hydrogen-bond donors (Lipinski definition) is 1. The predicted octanol–water partition coefficient (Wildman–Crippen LogP) is 9.09. The van der Waals surface area contributed by atoms with Crippen LogP contribution in [0.1, 0.15) is 114 Å². The zero-order valence-electron chi connectivity index (χ0n) is 23.6. The topological polar surface area (TPSA) is 29.1 Å². The Hall–Kier alpha value is -1.83. The van der Waals surface area contributed by atoms with Crippen LogP contribution in [0.2, 0.25) is 0 Å². The van der Waals surface area contributed by atoms with Crippen LogP contribution in [0.25, 0.3) is 0 Å². The second kappa shape index (κ2) is 15.1. The van der Waals surface area contributed by atoms with Gasteiger partial charge in [-0.3, -0.25) is 4.79 Å². The average Bonchev–Trinajstić information content (AvgIpc) is 2.73. The van der Waals surface area contributed by atoms with E-state index in [-0.39, 0.29) is 16.6 Å². The van der Waals surface area contributed by atoms with Gasteiger partial charge in [0.25, 0.3) is 0 Å². The first-order valence-electron chi connectivity index (χ1n) is 12.5. The first-order chi connectivity index (χ1) is 14.7. The minimum absolute atomic E-state index is 0.0883. The van der Waals surface area contributed by atoms with Crippen LogP contribution in [0.4, 0.5) is 0 Å². The molecular formula is C30H53NO. The van der Waals surface area contributed by atoms with E-state index in [9.17, 15) is 4.79 Å². The Kier molecular flexibility index (Phi) is 15.3. The molecule has 2 nitrogen and oxygen atoms in total. The molecular weight excluding hydrogens is 390 g/mol. The summed E-state index contributed by atoms with van der Waals surface area (Å²) in [5.41, 5.74) is 4.38. The third kappa shape index (κ3) is 12.9. The summed E-state index contributed by atoms with van der Waals surface area (Å²) in [4.78, 5) is 11.8. The molecule has 2 heteroatoms. The van der Waals surface area contributed by atoms with E-state index < -0.39 is 0 Å². The monoisotopic (exact) mass is 443 g/mol. The SMILES string of the molecule is C=C1C(=O)C(NC(CC(C)(C)C)CC(C)(C)C)=C1C.CC.CC.CC(C)c1ccccc1. The number of allylic oxidation sites excluding steroid dienone is 2. The van der Waals surface area contributed by atoms with Gasteiger partial charge in [0.05, 0.1) is 5.70 Å². The zero-order chi connectivity index (χ0) is 25.7. The molecule has 1 aromatic carbocycles. The summed E-state index contributed by atoms with van der Waals surface area (Å²) in [7, 11) is 0. The van der Waals surface area contributed by atoms with Gasteiger partial charge >= 0.3 is 0 Å². The van der Waals surface area contributed by atoms with E-state index in [0.717, 1.165) is 24.1 Å². The lowest BCUT2D eigenvalue weighted by Gasteiger charge is -2.35. The van der Waals surface area contributed by atoms with Crippen LogP contribution in [0.3, 0.4) is 0 Å². The van der Waals surface area contributed by atoms with E-state index >= 15 is 0 Å². The number of carbonyl (C=O) groups excluding carboxylic acids is 1. The summed E-state index contributed by atoms with van der Waals surface area (Å²) in [5.74, 6) is 0.747. The molecule has 0 saturated carbocycles. The van der Waals surface area contributed by atoms with E-state index in [2.05, 4.69) is 91.6 Å². The Morgan fingerprint density at radius 2 is 1.25 bits per heavy atom. The third-order valence-corrected chi connectivity index (χ3v) is 4.86. The van der Waals surface area contributed by atoms with Crippen molar-refractivity contribution < 1.29 is 4.79 Å². The predicted molar refractivity (Wildman–Crippen MR) is 145 cm³/mol. The van der Waals surface area contributed by atoms with Gasteiger partial charge in [-0.2, -0.15) is 0 Å². The number of benzene rings is 1. The number of Topliss-reactive ketones (excluding diaryl/α,β-unsaturated/α-hetero) is 1. The lowest BCUT2D eigenvalue weighted by atomic mass is 9.79. The summed E-state index contributed by atoms with van der Waals surface area (Å²) in [6.07, 6.45) is 2.11. The Morgan fingerprint density at radius 1 is 0.844 bits per heavy atom. The van der Waals surface area contributed by atoms with Crippen molar-refractivity contribution >= 4 is 5.78 Å². The summed E-state index contributed by atoms with van der Waals surface area (Å²) in [6.45, 7) is 31.6. The van der Waals surface area contributed by atoms with Gasteiger partial charge in [-0.25, -0.2) is 0 Å². The largest absolute Gasteiger partial charge is 0.379 e. The molecule has 1 N–H and O–H groups in total. The highest BCUT2D eigenvalue weighted by Gasteiger charge is 2.32. The van der Waals surface area contributed by atoms with Gasteiger partial charge in [0.1, 0.15) is 0 Å². The van der Waals surface area contributed by atoms with Crippen molar-refractivity contribution in [1.29, 1.82) is 0 Å². The maximum atomic E-state index is 11.8. The van der Waals surface area contributed by atoms with Crippen molar-refractivity contribution in [1.82, 2.24) is 5.32 Å². The quantitative estimate of drug-likeness (QED) is 0.460. The van der Waals surface area contributed by atoms with Gasteiger partial charge in [0, 0.05) is 11.6 Å². The molecule has 0 bridgehead atoms. The molecule has 1 aliphatic carbocycles. The van der Waals surface area contributed by atoms with E-state index in [1.807, 2.05) is 40.7 Å². The fraction of sp³-hybridized carbons (Fsp3) is 0.633. The lowest BCUT2D eigenvalue weighted by Crippen LogP contribution is -2.41. The Morgan fingerprint density at radius 3 is 1.53 bits per heavy atom. The van der Waals surface area contributed by atoms with Crippen molar-refractivity contribution in [3.05, 3.63) is 59.3 Å². The van der Waals surface area contributed by atoms with Gasteiger partial charge in [-0.15, -0.1) is 0 Å². The van der Waals surface area contributed by atoms with Crippen LogP contribution >= 0.6 is 0 Å². The highest BCUT2D eigenvalue weighted by Crippen LogP contribution is 2.32. The molecule has 0 amide bonds. The molecule has 2 rings (SSSR count). The standard InChI is InChI=1S/C17H29NO.C9H12.2C2H6/c1-11-12(2)15(19)14(11)18-13(9-16(3,4)5)10-17(6,7)8;1-8(2)9-6-4-3-5-7-9;2*1-2/h13,18H,2,9-10H2,1,3-8H3;3-8H,1-2H3;2*1-2H3. The second-order valence-electron chi connectivity index (χ2n) is 10.7. The normalized spacial score (nSPS) is 13.3. The van der Waals surface area contributed by atoms with E-state index in [0.29, 0.717) is 17.5 Å². The van der Waals surface area contributed by atoms with Gasteiger partial charge in [0.2, 0.25) is 5.78 Å². The molecule has 184 valence electrons. The molecule has 0 fully saturated rings. The Bertz CT molecular complexity index is 681. The highest BCUT2D eigenvalue weighted by atomic mass is 16.1. The number of ketones is 1. The lowest BCUT2D eigenvalue weighted by molar-refractivity contribution is -0.113. The number of carbonyl (C=O) groups is 1. The third-order valence-electron chi connectivity index (χ3n) is 4.86. The van der Waals surface area contributed by atoms with Gasteiger partial charge in [-0.1, -0.05) is 120 Å². The molecule has 0 saturated heterocycles. The minimum atomic E-state index is 0.0883. The van der Waals surface area contributed by atoms with E-state index in [4.69, 9.17) is 0 Å². The number of hydrogen-bond acceptors (Lipinski definition) is 2. The van der Waals surface area contributed by atoms with E-state index in [1.54, 1.807) is 0 Å². The van der Waals surface area contributed by atoms with Gasteiger partial charge < -0.3 is 5.32 Å². The van der Waals surface area contributed by atoms with Crippen LogP contribution in [-0.2, 0) is 4.79 Å². The van der Waals surface area contributed by atoms with Crippen LogP contribution in [-0.4, -0.2) is 11.8 Å². The maximum Gasteiger partial charge on any atom is 0.208 e. The average molecular weight is 444 g/mol. The van der Waals surface area contributed by atoms with Crippen molar-refractivity contribution in [2.75, 3.05) is 0 Å². The van der Waals surface area contributed by atoms with Crippen LogP contribution in [0.5, 0.6) is 0 Å². The van der Waals surface area contributed by atoms with Crippen LogP contribution < -0.4 is 5.32 Å². The second-order valence-corrected chi connectivity index (χ2v) is 10.7. The summed E-state index contributed by atoms with van der Waals surface area (Å²) in [6, 6.07) is 10.9. The molecule has 1 aliphatic rings. The molecule has 1 aromatic rings. The van der Waals surface area contributed by atoms with Gasteiger partial charge in [-0.05, 0) is 47.6 Å². The molecule has 0 unspecified atom stereocenters. The molecule has 32 heavy (non-hydrogen) atoms. The zero-order valence-corrected chi connectivity index (χ0v) is 23.6. The van der Waals surface area contributed by atoms with Crippen molar-refractivity contribution in [3.63, 3.8) is 0 Å². The van der Waals surface area contributed by atoms with Crippen LogP contribution in [0.15, 0.2) is 53.8 Å². The summed E-state index contributed by atoms with van der Waals surface area (Å²) < 4.78 is 0. The Labute approximate surface area is 201 Å². The number of rotatable bonds is 5. The van der Waals surface area contributed by atoms with Gasteiger partial charge in [0.15, 0.2) is 0 Å². The van der Waals surface area contributed by atoms with Crippen molar-refractivity contribution in [3.8, 4) is 0 Å². The molecule has 0 aliphatic heterocycles. The summed E-state index contributed by atoms with van der Waals surface area (Å²) in [5, 5.41) is 3.47. The molecule has 0 radical (unpaired) electrons. The fourth-order valence-electron chi connectivity index (χ4n) is 3.45. The van der Waals surface area contributed by atoms with Crippen LogP contribution in [0, 0.1) is 10.8 Å². The number of nitrogens with one attached hydrogen (secondary N) is 1. The minimum Gasteiger partial charge on any atom is -0.379 e. The Balaban J connectivity index is 0. The first kappa shape index (κ1) is 32.4. The van der Waals surface area contributed by atoms with E-state index in [1.165, 1.54) is 5.56 Å². The maximum absolute atomic E-state index is 11.8. The van der Waals surface area contributed by atoms with Crippen molar-refractivity contribution in [2.45, 2.75) is 115 Å². The first-order valence-corrected chi connectivity index (χ1v) is 12.5. The smallest absolute Gasteiger partial charge is 0.208 e. The molecule has 0 aromatic heterocycles. The fourth-order valence-corrected chi connectivity index (χ4v) is 3.45. The summed E-state index contributed by atoms with van der Waals surface area (Å²) >= 11 is 0. The molecule has 0 heterocycles. The highest BCUT2D eigenvalue weighted by molar-refractivity contribution is 6.18.